The molecule has 0 aliphatic heterocycles. The van der Waals surface area contributed by atoms with Crippen LogP contribution in [0.1, 0.15) is 36.7 Å². The topological polar surface area (TPSA) is 59.2 Å². The number of nitrogens with zero attached hydrogens (tertiary/aromatic N) is 3. The Labute approximate surface area is 141 Å². The Morgan fingerprint density at radius 1 is 1.30 bits per heavy atom. The third-order valence-corrected chi connectivity index (χ3v) is 4.35. The molecular formula is C17H23N3O2S. The summed E-state index contributed by atoms with van der Waals surface area (Å²) < 4.78 is 4.94. The zero-order valence-electron chi connectivity index (χ0n) is 14.3. The molecule has 1 amide bonds. The molecule has 2 aromatic rings. The van der Waals surface area contributed by atoms with E-state index in [9.17, 15) is 4.79 Å². The van der Waals surface area contributed by atoms with Crippen LogP contribution in [0, 0.1) is 20.8 Å². The van der Waals surface area contributed by atoms with Gasteiger partial charge in [0.1, 0.15) is 0 Å². The first-order valence-electron chi connectivity index (χ1n) is 7.64. The van der Waals surface area contributed by atoms with E-state index in [0.717, 1.165) is 16.8 Å². The van der Waals surface area contributed by atoms with Crippen molar-refractivity contribution in [1.82, 2.24) is 10.1 Å². The van der Waals surface area contributed by atoms with Gasteiger partial charge in [0.05, 0.1) is 11.5 Å². The predicted molar refractivity (Wildman–Crippen MR) is 93.7 cm³/mol. The fraction of sp³-hybridized carbons (Fsp3) is 0.471. The minimum Gasteiger partial charge on any atom is -0.340 e. The Bertz CT molecular complexity index is 682. The van der Waals surface area contributed by atoms with Crippen LogP contribution in [0.2, 0.25) is 0 Å². The molecule has 0 aliphatic rings. The van der Waals surface area contributed by atoms with Crippen molar-refractivity contribution in [2.24, 2.45) is 0 Å². The highest BCUT2D eigenvalue weighted by Gasteiger charge is 2.21. The Hall–Kier alpha value is -1.82. The van der Waals surface area contributed by atoms with E-state index in [2.05, 4.69) is 28.3 Å². The van der Waals surface area contributed by atoms with Gasteiger partial charge in [-0.1, -0.05) is 17.3 Å². The number of aromatic nitrogens is 2. The molecule has 1 heterocycles. The fourth-order valence-electron chi connectivity index (χ4n) is 2.38. The lowest BCUT2D eigenvalue weighted by Gasteiger charge is -2.28. The smallest absolute Gasteiger partial charge is 0.237 e. The average Bonchev–Trinajstić information content (AvgIpc) is 2.88. The van der Waals surface area contributed by atoms with Crippen molar-refractivity contribution in [2.75, 3.05) is 10.7 Å². The van der Waals surface area contributed by atoms with Crippen LogP contribution >= 0.6 is 11.8 Å². The van der Waals surface area contributed by atoms with Gasteiger partial charge < -0.3 is 9.42 Å². The highest BCUT2D eigenvalue weighted by molar-refractivity contribution is 7.99. The molecule has 124 valence electrons. The second-order valence-electron chi connectivity index (χ2n) is 5.87. The van der Waals surface area contributed by atoms with Gasteiger partial charge >= 0.3 is 0 Å². The molecule has 5 nitrogen and oxygen atoms in total. The van der Waals surface area contributed by atoms with E-state index in [4.69, 9.17) is 4.52 Å². The van der Waals surface area contributed by atoms with Gasteiger partial charge in [0.25, 0.3) is 0 Å². The summed E-state index contributed by atoms with van der Waals surface area (Å²) in [5.41, 5.74) is 3.25. The normalized spacial score (nSPS) is 11.0. The molecule has 0 fully saturated rings. The highest BCUT2D eigenvalue weighted by Crippen LogP contribution is 2.25. The number of benzene rings is 1. The zero-order valence-corrected chi connectivity index (χ0v) is 15.1. The third kappa shape index (κ3) is 4.58. The molecule has 2 rings (SSSR count). The van der Waals surface area contributed by atoms with Crippen LogP contribution < -0.4 is 4.90 Å². The first-order chi connectivity index (χ1) is 10.9. The molecular weight excluding hydrogens is 310 g/mol. The van der Waals surface area contributed by atoms with Crippen LogP contribution in [0.15, 0.2) is 22.7 Å². The van der Waals surface area contributed by atoms with E-state index in [1.165, 1.54) is 11.8 Å². The monoisotopic (exact) mass is 333 g/mol. The summed E-state index contributed by atoms with van der Waals surface area (Å²) in [6.45, 7) is 9.90. The van der Waals surface area contributed by atoms with Crippen LogP contribution in [-0.2, 0) is 10.5 Å². The van der Waals surface area contributed by atoms with E-state index in [-0.39, 0.29) is 11.9 Å². The van der Waals surface area contributed by atoms with E-state index in [1.807, 2.05) is 32.6 Å². The number of amides is 1. The van der Waals surface area contributed by atoms with Gasteiger partial charge in [-0.2, -0.15) is 4.98 Å². The summed E-state index contributed by atoms with van der Waals surface area (Å²) in [6.07, 6.45) is 0. The number of carbonyl (C=O) groups is 1. The van der Waals surface area contributed by atoms with Crippen molar-refractivity contribution in [3.63, 3.8) is 0 Å². The van der Waals surface area contributed by atoms with Gasteiger partial charge in [0.15, 0.2) is 5.82 Å². The molecule has 0 spiro atoms. The lowest BCUT2D eigenvalue weighted by atomic mass is 10.1. The van der Waals surface area contributed by atoms with Crippen LogP contribution in [0.3, 0.4) is 0 Å². The molecule has 0 atom stereocenters. The largest absolute Gasteiger partial charge is 0.340 e. The van der Waals surface area contributed by atoms with Crippen molar-refractivity contribution in [1.29, 1.82) is 0 Å². The molecule has 1 aromatic heterocycles. The zero-order chi connectivity index (χ0) is 17.0. The van der Waals surface area contributed by atoms with E-state index in [0.29, 0.717) is 23.2 Å². The van der Waals surface area contributed by atoms with Gasteiger partial charge in [-0.3, -0.25) is 4.79 Å². The highest BCUT2D eigenvalue weighted by atomic mass is 32.2. The summed E-state index contributed by atoms with van der Waals surface area (Å²) in [6, 6.07) is 6.30. The fourth-order valence-corrected chi connectivity index (χ4v) is 3.09. The Kier molecular flexibility index (Phi) is 5.82. The second-order valence-corrected chi connectivity index (χ2v) is 6.86. The van der Waals surface area contributed by atoms with Crippen molar-refractivity contribution in [3.8, 4) is 0 Å². The average molecular weight is 333 g/mol. The quantitative estimate of drug-likeness (QED) is 0.807. The summed E-state index contributed by atoms with van der Waals surface area (Å²) >= 11 is 1.50. The van der Waals surface area contributed by atoms with Gasteiger partial charge in [-0.15, -0.1) is 11.8 Å². The maximum Gasteiger partial charge on any atom is 0.237 e. The molecule has 23 heavy (non-hydrogen) atoms. The van der Waals surface area contributed by atoms with Crippen LogP contribution in [0.4, 0.5) is 5.69 Å². The molecule has 0 saturated carbocycles. The minimum absolute atomic E-state index is 0.0962. The molecule has 0 bridgehead atoms. The third-order valence-electron chi connectivity index (χ3n) is 3.44. The van der Waals surface area contributed by atoms with Gasteiger partial charge in [-0.05, 0) is 44.9 Å². The summed E-state index contributed by atoms with van der Waals surface area (Å²) in [5, 5.41) is 3.84. The number of anilines is 1. The maximum atomic E-state index is 12.7. The summed E-state index contributed by atoms with van der Waals surface area (Å²) in [5.74, 6) is 2.23. The SMILES string of the molecule is Cc1ccc(C)c(N(C(=O)CSCc2noc(C)n2)C(C)C)c1. The lowest BCUT2D eigenvalue weighted by molar-refractivity contribution is -0.116. The van der Waals surface area contributed by atoms with Crippen molar-refractivity contribution < 1.29 is 9.32 Å². The van der Waals surface area contributed by atoms with Crippen LogP contribution in [0.5, 0.6) is 0 Å². The molecule has 0 saturated heterocycles. The van der Waals surface area contributed by atoms with Crippen LogP contribution in [0.25, 0.3) is 0 Å². The molecule has 6 heteroatoms. The number of hydrogen-bond acceptors (Lipinski definition) is 5. The molecule has 0 N–H and O–H groups in total. The number of hydrogen-bond donors (Lipinski definition) is 0. The van der Waals surface area contributed by atoms with Crippen molar-refractivity contribution in [3.05, 3.63) is 41.0 Å². The lowest BCUT2D eigenvalue weighted by Crippen LogP contribution is -2.38. The Morgan fingerprint density at radius 2 is 2.04 bits per heavy atom. The predicted octanol–water partition coefficient (Wildman–Crippen LogP) is 3.67. The van der Waals surface area contributed by atoms with E-state index in [1.54, 1.807) is 6.92 Å². The molecule has 0 aliphatic carbocycles. The van der Waals surface area contributed by atoms with Crippen LogP contribution in [-0.4, -0.2) is 27.8 Å². The molecule has 0 unspecified atom stereocenters. The second kappa shape index (κ2) is 7.64. The minimum atomic E-state index is 0.0962. The van der Waals surface area contributed by atoms with Crippen molar-refractivity contribution in [2.45, 2.75) is 46.4 Å². The first-order valence-corrected chi connectivity index (χ1v) is 8.80. The summed E-state index contributed by atoms with van der Waals surface area (Å²) in [7, 11) is 0. The van der Waals surface area contributed by atoms with E-state index >= 15 is 0 Å². The number of rotatable bonds is 6. The molecule has 0 radical (unpaired) electrons. The van der Waals surface area contributed by atoms with Gasteiger partial charge in [-0.25, -0.2) is 0 Å². The summed E-state index contributed by atoms with van der Waals surface area (Å²) in [4.78, 5) is 18.7. The first kappa shape index (κ1) is 17.5. The van der Waals surface area contributed by atoms with Gasteiger partial charge in [0.2, 0.25) is 11.8 Å². The maximum absolute atomic E-state index is 12.7. The Morgan fingerprint density at radius 3 is 2.65 bits per heavy atom. The number of carbonyl (C=O) groups excluding carboxylic acids is 1. The van der Waals surface area contributed by atoms with Gasteiger partial charge in [0, 0.05) is 18.7 Å². The number of thioether (sulfide) groups is 1. The van der Waals surface area contributed by atoms with Crippen molar-refractivity contribution >= 4 is 23.4 Å². The number of aryl methyl sites for hydroxylation is 3. The standard InChI is InChI=1S/C17H23N3O2S/c1-11(2)20(15-8-12(3)6-7-13(15)4)17(21)10-23-9-16-18-14(5)22-19-16/h6-8,11H,9-10H2,1-5H3. The Balaban J connectivity index is 2.05. The molecule has 1 aromatic carbocycles. The van der Waals surface area contributed by atoms with E-state index < -0.39 is 0 Å².